The van der Waals surface area contributed by atoms with Crippen molar-refractivity contribution >= 4 is 0 Å². The molecule has 0 atom stereocenters. The molecular weight excluding hydrogens is 341 g/mol. The van der Waals surface area contributed by atoms with Gasteiger partial charge in [-0.25, -0.2) is 0 Å². The van der Waals surface area contributed by atoms with Crippen LogP contribution in [0.2, 0.25) is 0 Å². The summed E-state index contributed by atoms with van der Waals surface area (Å²) in [5, 5.41) is 19.8. The van der Waals surface area contributed by atoms with Crippen LogP contribution in [0, 0.1) is 11.3 Å². The Morgan fingerprint density at radius 3 is 2.42 bits per heavy atom. The molecule has 3 rings (SSSR count). The maximum Gasteiger partial charge on any atom is 0.416 e. The molecule has 0 amide bonds. The Hall–Kier alpha value is -2.36. The summed E-state index contributed by atoms with van der Waals surface area (Å²) >= 11 is 0. The number of benzene rings is 2. The first-order chi connectivity index (χ1) is 12.3. The molecular formula is C20H19F3N2O. The SMILES string of the molecule is N#Cc1cccc(CN2CCC(O)(c3cccc(C(F)(F)F)c3)CC2)c1. The maximum absolute atomic E-state index is 12.9. The highest BCUT2D eigenvalue weighted by molar-refractivity contribution is 5.33. The monoisotopic (exact) mass is 360 g/mol. The average molecular weight is 360 g/mol. The van der Waals surface area contributed by atoms with E-state index < -0.39 is 17.3 Å². The van der Waals surface area contributed by atoms with E-state index in [1.165, 1.54) is 6.07 Å². The summed E-state index contributed by atoms with van der Waals surface area (Å²) in [7, 11) is 0. The van der Waals surface area contributed by atoms with Gasteiger partial charge in [-0.05, 0) is 48.2 Å². The molecule has 26 heavy (non-hydrogen) atoms. The number of halogens is 3. The van der Waals surface area contributed by atoms with Crippen molar-refractivity contribution in [3.8, 4) is 6.07 Å². The molecule has 6 heteroatoms. The Kier molecular flexibility index (Phi) is 5.03. The van der Waals surface area contributed by atoms with Crippen LogP contribution in [0.3, 0.4) is 0 Å². The number of aliphatic hydroxyl groups is 1. The van der Waals surface area contributed by atoms with Crippen molar-refractivity contribution in [2.45, 2.75) is 31.2 Å². The molecule has 1 saturated heterocycles. The molecule has 1 aliphatic rings. The van der Waals surface area contributed by atoms with Crippen molar-refractivity contribution in [1.29, 1.82) is 5.26 Å². The number of hydrogen-bond donors (Lipinski definition) is 1. The Balaban J connectivity index is 1.68. The van der Waals surface area contributed by atoms with E-state index in [0.29, 0.717) is 43.6 Å². The zero-order valence-corrected chi connectivity index (χ0v) is 14.1. The molecule has 0 aromatic heterocycles. The van der Waals surface area contributed by atoms with Crippen molar-refractivity contribution in [1.82, 2.24) is 4.90 Å². The van der Waals surface area contributed by atoms with Gasteiger partial charge in [0.1, 0.15) is 0 Å². The third kappa shape index (κ3) is 4.06. The van der Waals surface area contributed by atoms with Gasteiger partial charge in [0, 0.05) is 19.6 Å². The summed E-state index contributed by atoms with van der Waals surface area (Å²) in [6.07, 6.45) is -3.68. The highest BCUT2D eigenvalue weighted by atomic mass is 19.4. The summed E-state index contributed by atoms with van der Waals surface area (Å²) < 4.78 is 38.7. The molecule has 2 aromatic rings. The van der Waals surface area contributed by atoms with Crippen LogP contribution in [0.15, 0.2) is 48.5 Å². The van der Waals surface area contributed by atoms with Crippen LogP contribution in [-0.4, -0.2) is 23.1 Å². The molecule has 1 heterocycles. The molecule has 1 aliphatic heterocycles. The fraction of sp³-hybridized carbons (Fsp3) is 0.350. The van der Waals surface area contributed by atoms with E-state index in [1.54, 1.807) is 12.1 Å². The van der Waals surface area contributed by atoms with Gasteiger partial charge in [-0.15, -0.1) is 0 Å². The Morgan fingerprint density at radius 2 is 1.77 bits per heavy atom. The second-order valence-corrected chi connectivity index (χ2v) is 6.70. The quantitative estimate of drug-likeness (QED) is 0.898. The van der Waals surface area contributed by atoms with E-state index in [4.69, 9.17) is 5.26 Å². The summed E-state index contributed by atoms with van der Waals surface area (Å²) in [5.74, 6) is 0. The van der Waals surface area contributed by atoms with E-state index >= 15 is 0 Å². The molecule has 1 N–H and O–H groups in total. The van der Waals surface area contributed by atoms with Crippen molar-refractivity contribution < 1.29 is 18.3 Å². The second kappa shape index (κ2) is 7.10. The van der Waals surface area contributed by atoms with Gasteiger partial charge >= 0.3 is 6.18 Å². The van der Waals surface area contributed by atoms with E-state index in [9.17, 15) is 18.3 Å². The van der Waals surface area contributed by atoms with Gasteiger partial charge in [-0.2, -0.15) is 18.4 Å². The summed E-state index contributed by atoms with van der Waals surface area (Å²) in [6, 6.07) is 14.4. The lowest BCUT2D eigenvalue weighted by Gasteiger charge is -2.38. The number of hydrogen-bond acceptors (Lipinski definition) is 3. The highest BCUT2D eigenvalue weighted by Gasteiger charge is 2.37. The summed E-state index contributed by atoms with van der Waals surface area (Å²) in [5.41, 5.74) is -0.0575. The van der Waals surface area contributed by atoms with Gasteiger partial charge < -0.3 is 5.11 Å². The second-order valence-electron chi connectivity index (χ2n) is 6.70. The molecule has 2 aromatic carbocycles. The normalized spacial score (nSPS) is 17.7. The molecule has 0 spiro atoms. The van der Waals surface area contributed by atoms with Crippen molar-refractivity contribution in [3.05, 3.63) is 70.8 Å². The van der Waals surface area contributed by atoms with Crippen LogP contribution in [0.5, 0.6) is 0 Å². The van der Waals surface area contributed by atoms with E-state index in [1.807, 2.05) is 18.2 Å². The van der Waals surface area contributed by atoms with Gasteiger partial charge in [0.15, 0.2) is 0 Å². The average Bonchev–Trinajstić information content (AvgIpc) is 2.63. The number of likely N-dealkylation sites (tertiary alicyclic amines) is 1. The third-order valence-corrected chi connectivity index (χ3v) is 4.87. The fourth-order valence-corrected chi connectivity index (χ4v) is 3.35. The molecule has 3 nitrogen and oxygen atoms in total. The largest absolute Gasteiger partial charge is 0.416 e. The number of rotatable bonds is 3. The number of alkyl halides is 3. The van der Waals surface area contributed by atoms with Crippen LogP contribution in [0.1, 0.15) is 35.1 Å². The molecule has 0 bridgehead atoms. The van der Waals surface area contributed by atoms with Gasteiger partial charge in [-0.3, -0.25) is 4.90 Å². The lowest BCUT2D eigenvalue weighted by molar-refractivity contribution is -0.137. The minimum Gasteiger partial charge on any atom is -0.385 e. The molecule has 0 unspecified atom stereocenters. The van der Waals surface area contributed by atoms with Crippen LogP contribution in [0.25, 0.3) is 0 Å². The zero-order chi connectivity index (χ0) is 18.8. The highest BCUT2D eigenvalue weighted by Crippen LogP contribution is 2.37. The predicted octanol–water partition coefficient (Wildman–Crippen LogP) is 4.06. The first-order valence-corrected chi connectivity index (χ1v) is 8.42. The van der Waals surface area contributed by atoms with Gasteiger partial charge in [0.05, 0.1) is 22.8 Å². The first kappa shape index (κ1) is 18.4. The van der Waals surface area contributed by atoms with E-state index in [0.717, 1.165) is 17.7 Å². The lowest BCUT2D eigenvalue weighted by atomic mass is 9.83. The van der Waals surface area contributed by atoms with Gasteiger partial charge in [-0.1, -0.05) is 24.3 Å². The molecule has 1 fully saturated rings. The van der Waals surface area contributed by atoms with Gasteiger partial charge in [0.25, 0.3) is 0 Å². The van der Waals surface area contributed by atoms with Crippen LogP contribution in [0.4, 0.5) is 13.2 Å². The van der Waals surface area contributed by atoms with Crippen LogP contribution >= 0.6 is 0 Å². The molecule has 0 aliphatic carbocycles. The summed E-state index contributed by atoms with van der Waals surface area (Å²) in [4.78, 5) is 2.14. The fourth-order valence-electron chi connectivity index (χ4n) is 3.35. The summed E-state index contributed by atoms with van der Waals surface area (Å²) in [6.45, 7) is 1.79. The number of nitrogens with zero attached hydrogens (tertiary/aromatic N) is 2. The predicted molar refractivity (Wildman–Crippen MR) is 91.0 cm³/mol. The first-order valence-electron chi connectivity index (χ1n) is 8.42. The molecule has 0 saturated carbocycles. The maximum atomic E-state index is 12.9. The molecule has 136 valence electrons. The number of piperidine rings is 1. The zero-order valence-electron chi connectivity index (χ0n) is 14.1. The minimum atomic E-state index is -4.42. The number of nitriles is 1. The van der Waals surface area contributed by atoms with Crippen molar-refractivity contribution in [2.24, 2.45) is 0 Å². The standard InChI is InChI=1S/C20H19F3N2O/c21-20(22,23)18-6-2-5-17(12-18)19(26)7-9-25(10-8-19)14-16-4-1-3-15(11-16)13-24/h1-6,11-12,26H,7-10,14H2. The Bertz CT molecular complexity index is 818. The van der Waals surface area contributed by atoms with E-state index in [2.05, 4.69) is 11.0 Å². The third-order valence-electron chi connectivity index (χ3n) is 4.87. The lowest BCUT2D eigenvalue weighted by Crippen LogP contribution is -2.42. The topological polar surface area (TPSA) is 47.3 Å². The Morgan fingerprint density at radius 1 is 1.08 bits per heavy atom. The van der Waals surface area contributed by atoms with Crippen LogP contribution in [-0.2, 0) is 18.3 Å². The Labute approximate surface area is 150 Å². The van der Waals surface area contributed by atoms with E-state index in [-0.39, 0.29) is 0 Å². The van der Waals surface area contributed by atoms with Gasteiger partial charge in [0.2, 0.25) is 0 Å². The molecule has 0 radical (unpaired) electrons. The van der Waals surface area contributed by atoms with Crippen molar-refractivity contribution in [2.75, 3.05) is 13.1 Å². The van der Waals surface area contributed by atoms with Crippen LogP contribution < -0.4 is 0 Å². The smallest absolute Gasteiger partial charge is 0.385 e. The minimum absolute atomic E-state index is 0.318. The van der Waals surface area contributed by atoms with Crippen molar-refractivity contribution in [3.63, 3.8) is 0 Å².